The Morgan fingerprint density at radius 2 is 1.90 bits per heavy atom. The van der Waals surface area contributed by atoms with Crippen molar-refractivity contribution in [1.29, 1.82) is 0 Å². The monoisotopic (exact) mass is 301 g/mol. The molecule has 2 N–H and O–H groups in total. The van der Waals surface area contributed by atoms with Gasteiger partial charge >= 0.3 is 0 Å². The largest absolute Gasteiger partial charge is 0.357 e. The Kier molecular flexibility index (Phi) is 5.40. The Morgan fingerprint density at radius 3 is 2.62 bits per heavy atom. The summed E-state index contributed by atoms with van der Waals surface area (Å²) >= 11 is 5.12. The standard InChI is InChI=1S/C16H16FN3S/c1-12-4-2-3-5-14(12)11-19-20-16(21)18-10-13-6-8-15(17)9-7-13/h2-9,11H,10H2,1H3,(H2,18,20,21)/b19-11-. The first kappa shape index (κ1) is 15.1. The first-order valence-corrected chi connectivity index (χ1v) is 6.93. The zero-order chi connectivity index (χ0) is 15.1. The average molecular weight is 301 g/mol. The molecule has 0 aliphatic rings. The third-order valence-electron chi connectivity index (χ3n) is 2.92. The SMILES string of the molecule is Cc1ccccc1/C=N\NC(=S)NCc1ccc(F)cc1. The van der Waals surface area contributed by atoms with Crippen molar-refractivity contribution in [3.8, 4) is 0 Å². The van der Waals surface area contributed by atoms with Crippen molar-refractivity contribution in [2.24, 2.45) is 5.10 Å². The van der Waals surface area contributed by atoms with Crippen LogP contribution in [0.15, 0.2) is 53.6 Å². The second kappa shape index (κ2) is 7.50. The molecule has 0 aliphatic heterocycles. The summed E-state index contributed by atoms with van der Waals surface area (Å²) in [5.74, 6) is -0.248. The number of benzene rings is 2. The maximum atomic E-state index is 12.8. The normalized spacial score (nSPS) is 10.6. The molecular formula is C16H16FN3S. The Morgan fingerprint density at radius 1 is 1.19 bits per heavy atom. The number of aryl methyl sites for hydroxylation is 1. The Balaban J connectivity index is 1.80. The molecule has 2 aromatic rings. The fraction of sp³-hybridized carbons (Fsp3) is 0.125. The highest BCUT2D eigenvalue weighted by Gasteiger charge is 1.96. The van der Waals surface area contributed by atoms with Crippen molar-refractivity contribution >= 4 is 23.5 Å². The van der Waals surface area contributed by atoms with E-state index in [0.717, 1.165) is 16.7 Å². The lowest BCUT2D eigenvalue weighted by Gasteiger charge is -2.07. The van der Waals surface area contributed by atoms with Gasteiger partial charge in [0.2, 0.25) is 0 Å². The molecule has 0 atom stereocenters. The molecular weight excluding hydrogens is 285 g/mol. The van der Waals surface area contributed by atoms with Crippen molar-refractivity contribution in [3.63, 3.8) is 0 Å². The van der Waals surface area contributed by atoms with E-state index in [2.05, 4.69) is 15.8 Å². The topological polar surface area (TPSA) is 36.4 Å². The van der Waals surface area contributed by atoms with Gasteiger partial charge in [0.15, 0.2) is 5.11 Å². The molecule has 2 rings (SSSR count). The van der Waals surface area contributed by atoms with E-state index >= 15 is 0 Å². The molecule has 5 heteroatoms. The lowest BCUT2D eigenvalue weighted by atomic mass is 10.1. The van der Waals surface area contributed by atoms with Gasteiger partial charge in [-0.1, -0.05) is 36.4 Å². The van der Waals surface area contributed by atoms with Crippen LogP contribution >= 0.6 is 12.2 Å². The van der Waals surface area contributed by atoms with Gasteiger partial charge < -0.3 is 5.32 Å². The van der Waals surface area contributed by atoms with Crippen LogP contribution in [-0.4, -0.2) is 11.3 Å². The molecule has 0 spiro atoms. The number of nitrogens with zero attached hydrogens (tertiary/aromatic N) is 1. The molecule has 0 radical (unpaired) electrons. The van der Waals surface area contributed by atoms with Crippen LogP contribution in [0.3, 0.4) is 0 Å². The first-order chi connectivity index (χ1) is 10.1. The minimum atomic E-state index is -0.248. The quantitative estimate of drug-likeness (QED) is 0.517. The Labute approximate surface area is 128 Å². The van der Waals surface area contributed by atoms with Gasteiger partial charge in [0.05, 0.1) is 6.21 Å². The van der Waals surface area contributed by atoms with Crippen LogP contribution in [0.2, 0.25) is 0 Å². The third kappa shape index (κ3) is 4.96. The summed E-state index contributed by atoms with van der Waals surface area (Å²) in [4.78, 5) is 0. The van der Waals surface area contributed by atoms with E-state index in [0.29, 0.717) is 11.7 Å². The van der Waals surface area contributed by atoms with Crippen LogP contribution in [0.4, 0.5) is 4.39 Å². The van der Waals surface area contributed by atoms with E-state index in [4.69, 9.17) is 12.2 Å². The number of nitrogens with one attached hydrogen (secondary N) is 2. The van der Waals surface area contributed by atoms with Crippen LogP contribution < -0.4 is 10.7 Å². The molecule has 108 valence electrons. The van der Waals surface area contributed by atoms with Crippen LogP contribution in [0.1, 0.15) is 16.7 Å². The van der Waals surface area contributed by atoms with E-state index in [1.807, 2.05) is 31.2 Å². The molecule has 2 aromatic carbocycles. The number of rotatable bonds is 4. The fourth-order valence-corrected chi connectivity index (χ4v) is 1.84. The molecule has 21 heavy (non-hydrogen) atoms. The molecule has 0 heterocycles. The fourth-order valence-electron chi connectivity index (χ4n) is 1.72. The van der Waals surface area contributed by atoms with Gasteiger partial charge in [0.1, 0.15) is 5.82 Å². The van der Waals surface area contributed by atoms with E-state index < -0.39 is 0 Å². The average Bonchev–Trinajstić information content (AvgIpc) is 2.49. The highest BCUT2D eigenvalue weighted by atomic mass is 32.1. The predicted molar refractivity (Wildman–Crippen MR) is 87.7 cm³/mol. The summed E-state index contributed by atoms with van der Waals surface area (Å²) in [7, 11) is 0. The van der Waals surface area contributed by atoms with Gasteiger partial charge in [-0.2, -0.15) is 5.10 Å². The summed E-state index contributed by atoms with van der Waals surface area (Å²) in [6, 6.07) is 14.2. The van der Waals surface area contributed by atoms with Crippen molar-refractivity contribution < 1.29 is 4.39 Å². The van der Waals surface area contributed by atoms with E-state index in [9.17, 15) is 4.39 Å². The molecule has 0 aliphatic carbocycles. The van der Waals surface area contributed by atoms with Gasteiger partial charge in [-0.25, -0.2) is 4.39 Å². The third-order valence-corrected chi connectivity index (χ3v) is 3.16. The van der Waals surface area contributed by atoms with Crippen LogP contribution in [0.25, 0.3) is 0 Å². The maximum Gasteiger partial charge on any atom is 0.187 e. The van der Waals surface area contributed by atoms with Crippen LogP contribution in [0, 0.1) is 12.7 Å². The summed E-state index contributed by atoms with van der Waals surface area (Å²) in [5.41, 5.74) is 5.88. The van der Waals surface area contributed by atoms with Crippen molar-refractivity contribution in [3.05, 3.63) is 71.0 Å². The first-order valence-electron chi connectivity index (χ1n) is 6.52. The van der Waals surface area contributed by atoms with E-state index in [1.54, 1.807) is 18.3 Å². The number of halogens is 1. The predicted octanol–water partition coefficient (Wildman–Crippen LogP) is 3.13. The Hall–Kier alpha value is -2.27. The molecule has 0 saturated heterocycles. The Bertz CT molecular complexity index is 638. The minimum Gasteiger partial charge on any atom is -0.357 e. The molecule has 0 saturated carbocycles. The van der Waals surface area contributed by atoms with Gasteiger partial charge in [-0.05, 0) is 48.0 Å². The minimum absolute atomic E-state index is 0.248. The number of hydrogen-bond donors (Lipinski definition) is 2. The number of hydrazone groups is 1. The molecule has 0 amide bonds. The lowest BCUT2D eigenvalue weighted by molar-refractivity contribution is 0.626. The van der Waals surface area contributed by atoms with Gasteiger partial charge in [-0.3, -0.25) is 5.43 Å². The van der Waals surface area contributed by atoms with E-state index in [-0.39, 0.29) is 5.82 Å². The van der Waals surface area contributed by atoms with Gasteiger partial charge in [-0.15, -0.1) is 0 Å². The summed E-state index contributed by atoms with van der Waals surface area (Å²) in [6.07, 6.45) is 1.72. The summed E-state index contributed by atoms with van der Waals surface area (Å²) < 4.78 is 12.8. The van der Waals surface area contributed by atoms with Gasteiger partial charge in [0, 0.05) is 6.54 Å². The highest BCUT2D eigenvalue weighted by Crippen LogP contribution is 2.03. The molecule has 0 fully saturated rings. The second-order valence-electron chi connectivity index (χ2n) is 4.54. The molecule has 0 bridgehead atoms. The molecule has 3 nitrogen and oxygen atoms in total. The smallest absolute Gasteiger partial charge is 0.187 e. The second-order valence-corrected chi connectivity index (χ2v) is 4.94. The van der Waals surface area contributed by atoms with Crippen LogP contribution in [0.5, 0.6) is 0 Å². The highest BCUT2D eigenvalue weighted by molar-refractivity contribution is 7.80. The number of hydrogen-bond acceptors (Lipinski definition) is 2. The summed E-state index contributed by atoms with van der Waals surface area (Å²) in [6.45, 7) is 2.54. The zero-order valence-electron chi connectivity index (χ0n) is 11.6. The maximum absolute atomic E-state index is 12.8. The number of thiocarbonyl (C=S) groups is 1. The van der Waals surface area contributed by atoms with E-state index in [1.165, 1.54) is 12.1 Å². The zero-order valence-corrected chi connectivity index (χ0v) is 12.5. The molecule has 0 unspecified atom stereocenters. The van der Waals surface area contributed by atoms with Crippen molar-refractivity contribution in [1.82, 2.24) is 10.7 Å². The summed E-state index contributed by atoms with van der Waals surface area (Å²) in [5, 5.41) is 7.51. The van der Waals surface area contributed by atoms with Crippen LogP contribution in [-0.2, 0) is 6.54 Å². The van der Waals surface area contributed by atoms with Crippen molar-refractivity contribution in [2.45, 2.75) is 13.5 Å². The lowest BCUT2D eigenvalue weighted by Crippen LogP contribution is -2.31. The van der Waals surface area contributed by atoms with Crippen molar-refractivity contribution in [2.75, 3.05) is 0 Å². The van der Waals surface area contributed by atoms with Gasteiger partial charge in [0.25, 0.3) is 0 Å². The molecule has 0 aromatic heterocycles.